The van der Waals surface area contributed by atoms with Crippen LogP contribution in [0.15, 0.2) is 29.2 Å². The van der Waals surface area contributed by atoms with E-state index in [1.54, 1.807) is 12.1 Å². The molecule has 0 radical (unpaired) electrons. The van der Waals surface area contributed by atoms with Crippen LogP contribution in [0.2, 0.25) is 0 Å². The summed E-state index contributed by atoms with van der Waals surface area (Å²) < 4.78 is 13.4. The summed E-state index contributed by atoms with van der Waals surface area (Å²) in [5.41, 5.74) is 1.07. The second-order valence-corrected chi connectivity index (χ2v) is 4.78. The van der Waals surface area contributed by atoms with Gasteiger partial charge in [-0.3, -0.25) is 0 Å². The molecule has 0 bridgehead atoms. The molecule has 1 aromatic carbocycles. The molecule has 0 aromatic heterocycles. The minimum Gasteiger partial charge on any atom is -0.593 e. The third-order valence-corrected chi connectivity index (χ3v) is 3.42. The molecule has 0 saturated heterocycles. The second kappa shape index (κ2) is 4.91. The van der Waals surface area contributed by atoms with Crippen LogP contribution in [0, 0.1) is 6.92 Å². The molecule has 13 heavy (non-hydrogen) atoms. The van der Waals surface area contributed by atoms with E-state index in [0.29, 0.717) is 4.90 Å². The van der Waals surface area contributed by atoms with E-state index in [4.69, 9.17) is 9.79 Å². The summed E-state index contributed by atoms with van der Waals surface area (Å²) in [5, 5.41) is 0. The van der Waals surface area contributed by atoms with E-state index in [1.807, 2.05) is 19.1 Å². The normalized spacial score (nSPS) is 13.3. The van der Waals surface area contributed by atoms with Crippen molar-refractivity contribution in [2.45, 2.75) is 11.8 Å². The Labute approximate surface area is 80.9 Å². The lowest BCUT2D eigenvalue weighted by molar-refractivity contribution is 0.476. The predicted octanol–water partition coefficient (Wildman–Crippen LogP) is 0.819. The lowest BCUT2D eigenvalue weighted by Gasteiger charge is -2.10. The van der Waals surface area contributed by atoms with Crippen molar-refractivity contribution in [3.63, 3.8) is 0 Å². The average Bonchev–Trinajstić information content (AvgIpc) is 2.04. The van der Waals surface area contributed by atoms with Gasteiger partial charge in [0.25, 0.3) is 8.53 Å². The van der Waals surface area contributed by atoms with Gasteiger partial charge in [-0.15, -0.1) is 0 Å². The van der Waals surface area contributed by atoms with E-state index < -0.39 is 19.9 Å². The highest BCUT2D eigenvalue weighted by Gasteiger charge is 2.14. The van der Waals surface area contributed by atoms with Gasteiger partial charge in [0, 0.05) is 0 Å². The Bertz CT molecular complexity index is 267. The summed E-state index contributed by atoms with van der Waals surface area (Å²) in [5.74, 6) is 0. The van der Waals surface area contributed by atoms with Gasteiger partial charge in [0.1, 0.15) is 0 Å². The first kappa shape index (κ1) is 10.9. The van der Waals surface area contributed by atoms with E-state index >= 15 is 0 Å². The van der Waals surface area contributed by atoms with E-state index in [1.165, 1.54) is 0 Å². The molecule has 1 aromatic rings. The Morgan fingerprint density at radius 2 is 1.85 bits per heavy atom. The van der Waals surface area contributed by atoms with Crippen molar-refractivity contribution in [3.05, 3.63) is 29.8 Å². The molecule has 0 fully saturated rings. The lowest BCUT2D eigenvalue weighted by atomic mass is 10.2. The molecule has 0 aliphatic carbocycles. The fourth-order valence-electron chi connectivity index (χ4n) is 0.789. The quantitative estimate of drug-likeness (QED) is 0.519. The van der Waals surface area contributed by atoms with Gasteiger partial charge in [0.15, 0.2) is 4.90 Å². The standard InChI is InChI=1S/C7H10NO3PS/c1-6-2-4-7(5-3-6)13(11)8-12(9)10/h2-5,8-10H,1H3. The van der Waals surface area contributed by atoms with Crippen molar-refractivity contribution in [1.29, 1.82) is 0 Å². The maximum absolute atomic E-state index is 11.3. The highest BCUT2D eigenvalue weighted by Crippen LogP contribution is 2.21. The van der Waals surface area contributed by atoms with Gasteiger partial charge in [-0.2, -0.15) is 0 Å². The summed E-state index contributed by atoms with van der Waals surface area (Å²) in [6.07, 6.45) is 0. The smallest absolute Gasteiger partial charge is 0.295 e. The second-order valence-electron chi connectivity index (χ2n) is 2.46. The topological polar surface area (TPSA) is 75.5 Å². The van der Waals surface area contributed by atoms with Crippen LogP contribution < -0.4 is 4.49 Å². The SMILES string of the molecule is Cc1ccc([S+]([O-])NP(O)O)cc1. The number of rotatable bonds is 3. The van der Waals surface area contributed by atoms with Gasteiger partial charge in [0.05, 0.1) is 11.4 Å². The first-order valence-electron chi connectivity index (χ1n) is 3.52. The van der Waals surface area contributed by atoms with Crippen LogP contribution in [-0.2, 0) is 11.4 Å². The third kappa shape index (κ3) is 3.60. The molecule has 72 valence electrons. The maximum atomic E-state index is 11.3. The van der Waals surface area contributed by atoms with Crippen LogP contribution in [0.3, 0.4) is 0 Å². The molecular weight excluding hydrogens is 209 g/mol. The minimum absolute atomic E-state index is 0.529. The number of benzene rings is 1. The molecule has 0 amide bonds. The van der Waals surface area contributed by atoms with E-state index in [9.17, 15) is 4.55 Å². The molecule has 4 nitrogen and oxygen atoms in total. The van der Waals surface area contributed by atoms with E-state index in [-0.39, 0.29) is 0 Å². The molecular formula is C7H10NO3PS. The maximum Gasteiger partial charge on any atom is 0.295 e. The fraction of sp³-hybridized carbons (Fsp3) is 0.143. The van der Waals surface area contributed by atoms with Crippen LogP contribution in [-0.4, -0.2) is 14.3 Å². The van der Waals surface area contributed by atoms with Crippen molar-refractivity contribution in [3.8, 4) is 0 Å². The number of hydrogen-bond acceptors (Lipinski definition) is 4. The fourth-order valence-corrected chi connectivity index (χ4v) is 2.19. The van der Waals surface area contributed by atoms with E-state index in [0.717, 1.165) is 5.56 Å². The first-order valence-corrected chi connectivity index (χ1v) is 5.92. The zero-order valence-corrected chi connectivity index (χ0v) is 8.68. The molecule has 0 aliphatic heterocycles. The molecule has 0 aliphatic rings. The highest BCUT2D eigenvalue weighted by atomic mass is 32.2. The highest BCUT2D eigenvalue weighted by molar-refractivity contribution is 7.94. The van der Waals surface area contributed by atoms with Gasteiger partial charge in [-0.25, -0.2) is 0 Å². The summed E-state index contributed by atoms with van der Waals surface area (Å²) in [4.78, 5) is 17.6. The van der Waals surface area contributed by atoms with Crippen LogP contribution in [0.5, 0.6) is 0 Å². The Kier molecular flexibility index (Phi) is 4.12. The Balaban J connectivity index is 2.66. The summed E-state index contributed by atoms with van der Waals surface area (Å²) in [6.45, 7) is 1.92. The van der Waals surface area contributed by atoms with Crippen LogP contribution >= 0.6 is 8.53 Å². The lowest BCUT2D eigenvalue weighted by Crippen LogP contribution is -2.18. The Hall–Kier alpha value is -0.160. The number of aryl methyl sites for hydroxylation is 1. The Morgan fingerprint density at radius 3 is 2.31 bits per heavy atom. The van der Waals surface area contributed by atoms with Crippen LogP contribution in [0.1, 0.15) is 5.56 Å². The molecule has 1 unspecified atom stereocenters. The first-order chi connectivity index (χ1) is 6.09. The summed E-state index contributed by atoms with van der Waals surface area (Å²) in [6, 6.07) is 6.98. The molecule has 0 spiro atoms. The zero-order valence-electron chi connectivity index (χ0n) is 6.97. The Morgan fingerprint density at radius 1 is 1.31 bits per heavy atom. The van der Waals surface area contributed by atoms with Crippen LogP contribution in [0.25, 0.3) is 0 Å². The molecule has 1 atom stereocenters. The molecule has 6 heteroatoms. The zero-order chi connectivity index (χ0) is 9.84. The van der Waals surface area contributed by atoms with Gasteiger partial charge < -0.3 is 14.3 Å². The van der Waals surface area contributed by atoms with Crippen molar-refractivity contribution in [1.82, 2.24) is 4.49 Å². The van der Waals surface area contributed by atoms with Crippen molar-refractivity contribution < 1.29 is 14.3 Å². The largest absolute Gasteiger partial charge is 0.593 e. The van der Waals surface area contributed by atoms with Crippen molar-refractivity contribution in [2.24, 2.45) is 0 Å². The van der Waals surface area contributed by atoms with Gasteiger partial charge in [-0.1, -0.05) is 22.2 Å². The van der Waals surface area contributed by atoms with Gasteiger partial charge in [0.2, 0.25) is 0 Å². The van der Waals surface area contributed by atoms with Crippen molar-refractivity contribution >= 4 is 19.9 Å². The minimum atomic E-state index is -2.32. The van der Waals surface area contributed by atoms with Crippen molar-refractivity contribution in [2.75, 3.05) is 0 Å². The van der Waals surface area contributed by atoms with Gasteiger partial charge in [-0.05, 0) is 19.1 Å². The van der Waals surface area contributed by atoms with E-state index in [2.05, 4.69) is 4.49 Å². The number of hydrogen-bond donors (Lipinski definition) is 3. The molecule has 0 heterocycles. The monoisotopic (exact) mass is 219 g/mol. The number of nitrogens with one attached hydrogen (secondary N) is 1. The summed E-state index contributed by atoms with van der Waals surface area (Å²) >= 11 is -1.54. The van der Waals surface area contributed by atoms with Gasteiger partial charge >= 0.3 is 0 Å². The molecule has 3 N–H and O–H groups in total. The molecule has 0 saturated carbocycles. The molecule has 1 rings (SSSR count). The third-order valence-electron chi connectivity index (χ3n) is 1.40. The average molecular weight is 219 g/mol. The van der Waals surface area contributed by atoms with Crippen LogP contribution in [0.4, 0.5) is 0 Å². The predicted molar refractivity (Wildman–Crippen MR) is 52.1 cm³/mol. The summed E-state index contributed by atoms with van der Waals surface area (Å²) in [7, 11) is -2.32.